The van der Waals surface area contributed by atoms with Crippen LogP contribution in [0.25, 0.3) is 0 Å². The Hall–Kier alpha value is -3.84. The van der Waals surface area contributed by atoms with Crippen molar-refractivity contribution >= 4 is 17.2 Å². The third kappa shape index (κ3) is 4.12. The lowest BCUT2D eigenvalue weighted by molar-refractivity contribution is 0.103. The number of anilines is 1. The summed E-state index contributed by atoms with van der Waals surface area (Å²) in [5.74, 6) is 0.842. The Balaban J connectivity index is 2.20. The maximum atomic E-state index is 12.6. The highest BCUT2D eigenvalue weighted by Gasteiger charge is 2.12. The molecule has 0 aliphatic rings. The van der Waals surface area contributed by atoms with E-state index in [2.05, 4.69) is 10.5 Å². The van der Waals surface area contributed by atoms with Crippen LogP contribution in [0.5, 0.6) is 11.5 Å². The number of carbonyl (C=O) groups excluding carboxylic acids is 1. The molecule has 2 rings (SSSR count). The molecule has 2 aromatic rings. The summed E-state index contributed by atoms with van der Waals surface area (Å²) in [4.78, 5) is 12.6. The van der Waals surface area contributed by atoms with Crippen molar-refractivity contribution in [3.05, 3.63) is 53.6 Å². The summed E-state index contributed by atoms with van der Waals surface area (Å²) >= 11 is 0. The number of benzene rings is 2. The molecule has 0 bridgehead atoms. The predicted octanol–water partition coefficient (Wildman–Crippen LogP) is 2.75. The first-order valence-corrected chi connectivity index (χ1v) is 7.13. The maximum Gasteiger partial charge on any atom is 0.237 e. The molecular formula is C18H14N4O3. The van der Waals surface area contributed by atoms with Crippen molar-refractivity contribution in [3.8, 4) is 23.6 Å². The predicted molar refractivity (Wildman–Crippen MR) is 91.7 cm³/mol. The number of methoxy groups -OCH3 is 2. The lowest BCUT2D eigenvalue weighted by atomic mass is 10.0. The molecule has 0 aliphatic heterocycles. The van der Waals surface area contributed by atoms with Gasteiger partial charge in [-0.15, -0.1) is 0 Å². The highest BCUT2D eigenvalue weighted by Crippen LogP contribution is 2.28. The first-order chi connectivity index (χ1) is 12.1. The molecule has 0 fully saturated rings. The van der Waals surface area contributed by atoms with Gasteiger partial charge in [-0.25, -0.2) is 0 Å². The molecule has 0 heterocycles. The number of hydrogen-bond acceptors (Lipinski definition) is 7. The van der Waals surface area contributed by atoms with Crippen LogP contribution in [0.15, 0.2) is 47.6 Å². The number of ether oxygens (including phenoxy) is 2. The van der Waals surface area contributed by atoms with E-state index in [1.165, 1.54) is 14.2 Å². The molecule has 7 nitrogen and oxygen atoms in total. The number of nitrogens with one attached hydrogen (secondary N) is 1. The Kier molecular flexibility index (Phi) is 5.70. The Morgan fingerprint density at radius 2 is 1.56 bits per heavy atom. The normalized spacial score (nSPS) is 9.28. The monoisotopic (exact) mass is 334 g/mol. The van der Waals surface area contributed by atoms with Crippen molar-refractivity contribution in [2.75, 3.05) is 19.6 Å². The zero-order valence-electron chi connectivity index (χ0n) is 13.6. The Labute approximate surface area is 144 Å². The van der Waals surface area contributed by atoms with Gasteiger partial charge in [-0.2, -0.15) is 15.6 Å². The van der Waals surface area contributed by atoms with Crippen molar-refractivity contribution in [2.45, 2.75) is 0 Å². The summed E-state index contributed by atoms with van der Waals surface area (Å²) < 4.78 is 10.4. The highest BCUT2D eigenvalue weighted by molar-refractivity contribution is 6.10. The van der Waals surface area contributed by atoms with Gasteiger partial charge in [-0.05, 0) is 42.5 Å². The smallest absolute Gasteiger partial charge is 0.237 e. The molecule has 0 radical (unpaired) electrons. The van der Waals surface area contributed by atoms with E-state index in [0.717, 1.165) is 0 Å². The summed E-state index contributed by atoms with van der Waals surface area (Å²) in [6.07, 6.45) is 0. The molecule has 0 aromatic heterocycles. The molecule has 0 saturated carbocycles. The van der Waals surface area contributed by atoms with E-state index in [1.54, 1.807) is 54.6 Å². The minimum Gasteiger partial charge on any atom is -0.493 e. The van der Waals surface area contributed by atoms with Crippen molar-refractivity contribution in [2.24, 2.45) is 5.10 Å². The van der Waals surface area contributed by atoms with E-state index >= 15 is 0 Å². The van der Waals surface area contributed by atoms with E-state index in [0.29, 0.717) is 28.3 Å². The van der Waals surface area contributed by atoms with Crippen molar-refractivity contribution in [1.82, 2.24) is 0 Å². The molecule has 0 amide bonds. The Morgan fingerprint density at radius 1 is 0.960 bits per heavy atom. The van der Waals surface area contributed by atoms with Crippen molar-refractivity contribution in [3.63, 3.8) is 0 Å². The molecule has 0 unspecified atom stereocenters. The second kappa shape index (κ2) is 8.14. The van der Waals surface area contributed by atoms with Gasteiger partial charge in [0.1, 0.15) is 12.1 Å². The average Bonchev–Trinajstić information content (AvgIpc) is 2.68. The van der Waals surface area contributed by atoms with Gasteiger partial charge in [0, 0.05) is 11.1 Å². The maximum absolute atomic E-state index is 12.6. The third-order valence-corrected chi connectivity index (χ3v) is 3.30. The number of nitrogens with zero attached hydrogens (tertiary/aromatic N) is 3. The second-order valence-corrected chi connectivity index (χ2v) is 4.77. The number of hydrazone groups is 1. The highest BCUT2D eigenvalue weighted by atomic mass is 16.5. The number of rotatable bonds is 6. The van der Waals surface area contributed by atoms with Crippen LogP contribution < -0.4 is 14.9 Å². The molecule has 2 aromatic carbocycles. The van der Waals surface area contributed by atoms with E-state index < -0.39 is 0 Å². The van der Waals surface area contributed by atoms with Crippen LogP contribution in [0.4, 0.5) is 5.69 Å². The number of carbonyl (C=O) groups is 1. The first kappa shape index (κ1) is 17.5. The standard InChI is InChI=1S/C18H14N4O3/c1-24-16-8-5-13(9-17(16)25-2)18(23)12-3-6-14(7-4-12)21-22-15(10-19)11-20/h3-9,21H,1-2H3. The van der Waals surface area contributed by atoms with Crippen LogP contribution in [0.3, 0.4) is 0 Å². The number of ketones is 1. The molecular weight excluding hydrogens is 320 g/mol. The molecule has 0 aliphatic carbocycles. The SMILES string of the molecule is COc1ccc(C(=O)c2ccc(NN=C(C#N)C#N)cc2)cc1OC. The fourth-order valence-electron chi connectivity index (χ4n) is 2.04. The summed E-state index contributed by atoms with van der Waals surface area (Å²) in [6, 6.07) is 14.7. The molecule has 25 heavy (non-hydrogen) atoms. The van der Waals surface area contributed by atoms with Gasteiger partial charge < -0.3 is 9.47 Å². The van der Waals surface area contributed by atoms with Crippen LogP contribution in [0, 0.1) is 22.7 Å². The lowest BCUT2D eigenvalue weighted by Gasteiger charge is -2.09. The summed E-state index contributed by atoms with van der Waals surface area (Å²) in [6.45, 7) is 0. The Morgan fingerprint density at radius 3 is 2.12 bits per heavy atom. The van der Waals surface area contributed by atoms with Crippen LogP contribution >= 0.6 is 0 Å². The zero-order valence-corrected chi connectivity index (χ0v) is 13.6. The van der Waals surface area contributed by atoms with E-state index in [1.807, 2.05) is 0 Å². The number of hydrogen-bond donors (Lipinski definition) is 1. The largest absolute Gasteiger partial charge is 0.493 e. The van der Waals surface area contributed by atoms with E-state index in [4.69, 9.17) is 20.0 Å². The molecule has 7 heteroatoms. The second-order valence-electron chi connectivity index (χ2n) is 4.77. The van der Waals surface area contributed by atoms with Gasteiger partial charge in [-0.3, -0.25) is 10.2 Å². The van der Waals surface area contributed by atoms with E-state index in [9.17, 15) is 4.79 Å². The lowest BCUT2D eigenvalue weighted by Crippen LogP contribution is -2.03. The summed E-state index contributed by atoms with van der Waals surface area (Å²) in [5.41, 5.74) is 3.78. The molecule has 1 N–H and O–H groups in total. The fourth-order valence-corrected chi connectivity index (χ4v) is 2.04. The molecule has 124 valence electrons. The fraction of sp³-hybridized carbons (Fsp3) is 0.111. The average molecular weight is 334 g/mol. The van der Waals surface area contributed by atoms with Crippen LogP contribution in [0.1, 0.15) is 15.9 Å². The minimum atomic E-state index is -0.287. The molecule has 0 atom stereocenters. The van der Waals surface area contributed by atoms with Gasteiger partial charge in [0.15, 0.2) is 17.3 Å². The van der Waals surface area contributed by atoms with Crippen LogP contribution in [-0.4, -0.2) is 25.7 Å². The zero-order chi connectivity index (χ0) is 18.2. The van der Waals surface area contributed by atoms with Gasteiger partial charge in [0.05, 0.1) is 19.9 Å². The topological polar surface area (TPSA) is 107 Å². The summed E-state index contributed by atoms with van der Waals surface area (Å²) in [5, 5.41) is 20.9. The van der Waals surface area contributed by atoms with E-state index in [-0.39, 0.29) is 11.5 Å². The Bertz CT molecular complexity index is 874. The van der Waals surface area contributed by atoms with Crippen LogP contribution in [0.2, 0.25) is 0 Å². The van der Waals surface area contributed by atoms with Crippen molar-refractivity contribution < 1.29 is 14.3 Å². The quantitative estimate of drug-likeness (QED) is 0.494. The third-order valence-electron chi connectivity index (χ3n) is 3.30. The number of nitriles is 2. The van der Waals surface area contributed by atoms with Gasteiger partial charge >= 0.3 is 0 Å². The minimum absolute atomic E-state index is 0.175. The summed E-state index contributed by atoms with van der Waals surface area (Å²) in [7, 11) is 3.03. The van der Waals surface area contributed by atoms with Crippen LogP contribution in [-0.2, 0) is 0 Å². The first-order valence-electron chi connectivity index (χ1n) is 7.13. The molecule has 0 saturated heterocycles. The van der Waals surface area contributed by atoms with Crippen molar-refractivity contribution in [1.29, 1.82) is 10.5 Å². The van der Waals surface area contributed by atoms with Gasteiger partial charge in [0.25, 0.3) is 0 Å². The van der Waals surface area contributed by atoms with Gasteiger partial charge in [0.2, 0.25) is 5.71 Å². The molecule has 0 spiro atoms. The van der Waals surface area contributed by atoms with Gasteiger partial charge in [-0.1, -0.05) is 0 Å².